The summed E-state index contributed by atoms with van der Waals surface area (Å²) in [4.78, 5) is 0. The molecule has 0 atom stereocenters. The van der Waals surface area contributed by atoms with Gasteiger partial charge in [-0.15, -0.1) is 12.4 Å². The fourth-order valence-electron chi connectivity index (χ4n) is 1.98. The van der Waals surface area contributed by atoms with Gasteiger partial charge in [-0.25, -0.2) is 0 Å². The van der Waals surface area contributed by atoms with Gasteiger partial charge in [0.15, 0.2) is 0 Å². The maximum atomic E-state index is 8.68. The molecule has 2 rings (SSSR count). The Morgan fingerprint density at radius 1 is 0.950 bits per heavy atom. The zero-order chi connectivity index (χ0) is 13.3. The van der Waals surface area contributed by atoms with Crippen molar-refractivity contribution in [3.63, 3.8) is 0 Å². The van der Waals surface area contributed by atoms with Gasteiger partial charge in [0, 0.05) is 12.2 Å². The second-order valence-electron chi connectivity index (χ2n) is 4.59. The predicted octanol–water partition coefficient (Wildman–Crippen LogP) is 3.62. The van der Waals surface area contributed by atoms with E-state index in [0.717, 1.165) is 49.4 Å². The van der Waals surface area contributed by atoms with E-state index in [1.807, 2.05) is 42.5 Å². The van der Waals surface area contributed by atoms with Crippen LogP contribution < -0.4 is 5.32 Å². The average molecular weight is 296 g/mol. The Bertz CT molecular complexity index is 470. The fourth-order valence-corrected chi connectivity index (χ4v) is 1.98. The molecule has 0 aliphatic rings. The smallest absolute Gasteiger partial charge is 0.134 e. The van der Waals surface area contributed by atoms with E-state index in [4.69, 9.17) is 9.52 Å². The van der Waals surface area contributed by atoms with Gasteiger partial charge in [0.05, 0.1) is 6.54 Å². The van der Waals surface area contributed by atoms with Gasteiger partial charge < -0.3 is 14.8 Å². The van der Waals surface area contributed by atoms with E-state index in [1.165, 1.54) is 0 Å². The van der Waals surface area contributed by atoms with Crippen LogP contribution >= 0.6 is 12.4 Å². The van der Waals surface area contributed by atoms with Crippen LogP contribution in [-0.2, 0) is 6.54 Å². The van der Waals surface area contributed by atoms with E-state index in [0.29, 0.717) is 6.61 Å². The van der Waals surface area contributed by atoms with Crippen LogP contribution in [0.1, 0.15) is 25.0 Å². The number of rotatable bonds is 8. The van der Waals surface area contributed by atoms with Crippen molar-refractivity contribution < 1.29 is 9.52 Å². The average Bonchev–Trinajstić information content (AvgIpc) is 2.92. The zero-order valence-corrected chi connectivity index (χ0v) is 12.4. The molecule has 1 heterocycles. The highest BCUT2D eigenvalue weighted by molar-refractivity contribution is 5.85. The first kappa shape index (κ1) is 16.8. The van der Waals surface area contributed by atoms with Gasteiger partial charge in [-0.2, -0.15) is 0 Å². The Morgan fingerprint density at radius 3 is 2.50 bits per heavy atom. The third-order valence-electron chi connectivity index (χ3n) is 3.03. The number of hydrogen-bond donors (Lipinski definition) is 2. The normalized spacial score (nSPS) is 10.2. The quantitative estimate of drug-likeness (QED) is 0.731. The molecule has 2 aromatic rings. The highest BCUT2D eigenvalue weighted by Gasteiger charge is 2.03. The van der Waals surface area contributed by atoms with Crippen LogP contribution in [0.3, 0.4) is 0 Å². The van der Waals surface area contributed by atoms with Crippen LogP contribution in [0, 0.1) is 0 Å². The molecule has 20 heavy (non-hydrogen) atoms. The van der Waals surface area contributed by atoms with Crippen molar-refractivity contribution in [2.24, 2.45) is 0 Å². The van der Waals surface area contributed by atoms with Crippen molar-refractivity contribution in [2.45, 2.75) is 25.8 Å². The minimum Gasteiger partial charge on any atom is -0.460 e. The summed E-state index contributed by atoms with van der Waals surface area (Å²) in [6.07, 6.45) is 3.05. The lowest BCUT2D eigenvalue weighted by molar-refractivity contribution is 0.282. The summed E-state index contributed by atoms with van der Waals surface area (Å²) >= 11 is 0. The monoisotopic (exact) mass is 295 g/mol. The van der Waals surface area contributed by atoms with Crippen molar-refractivity contribution in [1.82, 2.24) is 5.32 Å². The Hall–Kier alpha value is -1.29. The fraction of sp³-hybridized carbons (Fsp3) is 0.375. The summed E-state index contributed by atoms with van der Waals surface area (Å²) in [5.74, 6) is 1.87. The van der Waals surface area contributed by atoms with E-state index in [2.05, 4.69) is 5.32 Å². The molecule has 3 nitrogen and oxygen atoms in total. The van der Waals surface area contributed by atoms with Crippen molar-refractivity contribution >= 4 is 12.4 Å². The lowest BCUT2D eigenvalue weighted by Gasteiger charge is -2.02. The molecule has 0 amide bonds. The van der Waals surface area contributed by atoms with E-state index >= 15 is 0 Å². The molecule has 1 aromatic heterocycles. The van der Waals surface area contributed by atoms with Crippen LogP contribution in [0.15, 0.2) is 46.9 Å². The molecule has 0 saturated carbocycles. The maximum Gasteiger partial charge on any atom is 0.134 e. The molecule has 110 valence electrons. The molecular formula is C16H22ClNO2. The number of furan rings is 1. The molecule has 4 heteroatoms. The SMILES string of the molecule is Cl.OCCCCCNCc1ccc(-c2ccccc2)o1. The number of halogens is 1. The van der Waals surface area contributed by atoms with Gasteiger partial charge in [-0.05, 0) is 37.9 Å². The van der Waals surface area contributed by atoms with E-state index in [1.54, 1.807) is 0 Å². The van der Waals surface area contributed by atoms with Crippen molar-refractivity contribution in [3.8, 4) is 11.3 Å². The van der Waals surface area contributed by atoms with Crippen LogP contribution in [0.5, 0.6) is 0 Å². The summed E-state index contributed by atoms with van der Waals surface area (Å²) in [5.41, 5.74) is 1.11. The van der Waals surface area contributed by atoms with Gasteiger partial charge >= 0.3 is 0 Å². The Kier molecular flexibility index (Phi) is 8.04. The highest BCUT2D eigenvalue weighted by Crippen LogP contribution is 2.21. The molecular weight excluding hydrogens is 274 g/mol. The van der Waals surface area contributed by atoms with E-state index in [9.17, 15) is 0 Å². The first-order valence-electron chi connectivity index (χ1n) is 6.86. The largest absolute Gasteiger partial charge is 0.460 e. The van der Waals surface area contributed by atoms with Crippen molar-refractivity contribution in [1.29, 1.82) is 0 Å². The molecule has 0 fully saturated rings. The topological polar surface area (TPSA) is 45.4 Å². The van der Waals surface area contributed by atoms with Crippen LogP contribution in [0.25, 0.3) is 11.3 Å². The second-order valence-corrected chi connectivity index (χ2v) is 4.59. The molecule has 0 radical (unpaired) electrons. The minimum absolute atomic E-state index is 0. The predicted molar refractivity (Wildman–Crippen MR) is 84.0 cm³/mol. The zero-order valence-electron chi connectivity index (χ0n) is 11.5. The third-order valence-corrected chi connectivity index (χ3v) is 3.03. The summed E-state index contributed by atoms with van der Waals surface area (Å²) in [5, 5.41) is 12.0. The molecule has 0 aliphatic carbocycles. The standard InChI is InChI=1S/C16H21NO2.ClH/c18-12-6-2-5-11-17-13-15-9-10-16(19-15)14-7-3-1-4-8-14;/h1,3-4,7-10,17-18H,2,5-6,11-13H2;1H. The van der Waals surface area contributed by atoms with Crippen LogP contribution in [0.2, 0.25) is 0 Å². The molecule has 0 bridgehead atoms. The van der Waals surface area contributed by atoms with Crippen LogP contribution in [-0.4, -0.2) is 18.3 Å². The summed E-state index contributed by atoms with van der Waals surface area (Å²) in [7, 11) is 0. The maximum absolute atomic E-state index is 8.68. The summed E-state index contributed by atoms with van der Waals surface area (Å²) in [6.45, 7) is 2.01. The molecule has 0 saturated heterocycles. The molecule has 1 aromatic carbocycles. The van der Waals surface area contributed by atoms with Crippen molar-refractivity contribution in [3.05, 3.63) is 48.2 Å². The molecule has 2 N–H and O–H groups in total. The third kappa shape index (κ3) is 5.37. The number of hydrogen-bond acceptors (Lipinski definition) is 3. The van der Waals surface area contributed by atoms with Gasteiger partial charge in [-0.3, -0.25) is 0 Å². The number of aliphatic hydroxyl groups is 1. The first-order valence-corrected chi connectivity index (χ1v) is 6.86. The van der Waals surface area contributed by atoms with E-state index in [-0.39, 0.29) is 12.4 Å². The molecule has 0 unspecified atom stereocenters. The Balaban J connectivity index is 0.00000200. The minimum atomic E-state index is 0. The lowest BCUT2D eigenvalue weighted by Crippen LogP contribution is -2.14. The first-order chi connectivity index (χ1) is 9.40. The summed E-state index contributed by atoms with van der Waals surface area (Å²) in [6, 6.07) is 14.1. The second kappa shape index (κ2) is 9.59. The Labute approximate surface area is 126 Å². The van der Waals surface area contributed by atoms with Crippen molar-refractivity contribution in [2.75, 3.05) is 13.2 Å². The number of unbranched alkanes of at least 4 members (excludes halogenated alkanes) is 2. The van der Waals surface area contributed by atoms with Gasteiger partial charge in [-0.1, -0.05) is 30.3 Å². The molecule has 0 aliphatic heterocycles. The van der Waals surface area contributed by atoms with Gasteiger partial charge in [0.2, 0.25) is 0 Å². The Morgan fingerprint density at radius 2 is 1.75 bits per heavy atom. The number of aliphatic hydroxyl groups excluding tert-OH is 1. The van der Waals surface area contributed by atoms with Gasteiger partial charge in [0.1, 0.15) is 11.5 Å². The number of benzene rings is 1. The van der Waals surface area contributed by atoms with Gasteiger partial charge in [0.25, 0.3) is 0 Å². The lowest BCUT2D eigenvalue weighted by atomic mass is 10.2. The molecule has 0 spiro atoms. The summed E-state index contributed by atoms with van der Waals surface area (Å²) < 4.78 is 5.79. The number of nitrogens with one attached hydrogen (secondary N) is 1. The van der Waals surface area contributed by atoms with E-state index < -0.39 is 0 Å². The highest BCUT2D eigenvalue weighted by atomic mass is 35.5. The van der Waals surface area contributed by atoms with Crippen LogP contribution in [0.4, 0.5) is 0 Å².